The maximum Gasteiger partial charge on any atom is 0.310 e. The number of rotatable bonds is 6. The van der Waals surface area contributed by atoms with E-state index in [1.165, 1.54) is 18.5 Å². The largest absolute Gasteiger partial charge is 0.481 e. The summed E-state index contributed by atoms with van der Waals surface area (Å²) in [7, 11) is 0. The van der Waals surface area contributed by atoms with Crippen LogP contribution in [-0.4, -0.2) is 21.0 Å². The van der Waals surface area contributed by atoms with E-state index in [0.29, 0.717) is 17.8 Å². The predicted molar refractivity (Wildman–Crippen MR) is 76.0 cm³/mol. The second-order valence-electron chi connectivity index (χ2n) is 4.34. The summed E-state index contributed by atoms with van der Waals surface area (Å²) in [5.74, 6) is -0.919. The Morgan fingerprint density at radius 1 is 1.29 bits per heavy atom. The highest BCUT2D eigenvalue weighted by molar-refractivity contribution is 5.71. The van der Waals surface area contributed by atoms with Gasteiger partial charge in [-0.05, 0) is 17.2 Å². The fourth-order valence-corrected chi connectivity index (χ4v) is 1.94. The van der Waals surface area contributed by atoms with E-state index in [-0.39, 0.29) is 12.1 Å². The van der Waals surface area contributed by atoms with Crippen LogP contribution in [0.3, 0.4) is 0 Å². The van der Waals surface area contributed by atoms with Crippen LogP contribution in [0.4, 0.5) is 11.4 Å². The third kappa shape index (κ3) is 3.75. The molecule has 0 saturated carbocycles. The zero-order valence-electron chi connectivity index (χ0n) is 11.0. The molecule has 0 spiro atoms. The molecule has 0 fully saturated rings. The Labute approximate surface area is 120 Å². The van der Waals surface area contributed by atoms with Crippen LogP contribution in [0.5, 0.6) is 0 Å². The standard InChI is InChI=1S/C14H13N3O4/c18-14(19)7-10-3-1-2-4-11(10)8-16-12-5-6-15-9-13(12)17(20)21/h1-6,9H,7-8H2,(H,15,16)(H,18,19). The number of benzene rings is 1. The molecular weight excluding hydrogens is 274 g/mol. The Balaban J connectivity index is 2.17. The molecule has 2 aromatic rings. The van der Waals surface area contributed by atoms with Crippen LogP contribution in [0.1, 0.15) is 11.1 Å². The zero-order chi connectivity index (χ0) is 15.2. The van der Waals surface area contributed by atoms with Gasteiger partial charge in [-0.2, -0.15) is 0 Å². The maximum atomic E-state index is 10.9. The SMILES string of the molecule is O=C(O)Cc1ccccc1CNc1ccncc1[N+](=O)[O-]. The van der Waals surface area contributed by atoms with Crippen molar-refractivity contribution in [2.75, 3.05) is 5.32 Å². The number of pyridine rings is 1. The summed E-state index contributed by atoms with van der Waals surface area (Å²) in [6.45, 7) is 0.300. The highest BCUT2D eigenvalue weighted by Crippen LogP contribution is 2.23. The molecule has 2 N–H and O–H groups in total. The highest BCUT2D eigenvalue weighted by atomic mass is 16.6. The normalized spacial score (nSPS) is 10.1. The first-order valence-corrected chi connectivity index (χ1v) is 6.19. The average molecular weight is 287 g/mol. The molecule has 2 rings (SSSR count). The summed E-state index contributed by atoms with van der Waals surface area (Å²) in [6.07, 6.45) is 2.54. The fourth-order valence-electron chi connectivity index (χ4n) is 1.94. The van der Waals surface area contributed by atoms with Gasteiger partial charge < -0.3 is 10.4 Å². The first kappa shape index (κ1) is 14.4. The van der Waals surface area contributed by atoms with E-state index >= 15 is 0 Å². The van der Waals surface area contributed by atoms with Gasteiger partial charge in [0.05, 0.1) is 11.3 Å². The first-order valence-electron chi connectivity index (χ1n) is 6.19. The highest BCUT2D eigenvalue weighted by Gasteiger charge is 2.13. The number of hydrogen-bond donors (Lipinski definition) is 2. The topological polar surface area (TPSA) is 105 Å². The van der Waals surface area contributed by atoms with Gasteiger partial charge in [0.25, 0.3) is 0 Å². The third-order valence-electron chi connectivity index (χ3n) is 2.93. The van der Waals surface area contributed by atoms with Crippen LogP contribution < -0.4 is 5.32 Å². The zero-order valence-corrected chi connectivity index (χ0v) is 11.0. The molecule has 0 aliphatic rings. The molecule has 1 aromatic carbocycles. The van der Waals surface area contributed by atoms with Crippen LogP contribution >= 0.6 is 0 Å². The van der Waals surface area contributed by atoms with Gasteiger partial charge in [0.2, 0.25) is 0 Å². The van der Waals surface area contributed by atoms with Gasteiger partial charge in [0, 0.05) is 12.7 Å². The summed E-state index contributed by atoms with van der Waals surface area (Å²) in [5.41, 5.74) is 1.69. The summed E-state index contributed by atoms with van der Waals surface area (Å²) in [6, 6.07) is 8.59. The van der Waals surface area contributed by atoms with Crippen molar-refractivity contribution in [1.29, 1.82) is 0 Å². The molecule has 1 heterocycles. The van der Waals surface area contributed by atoms with Gasteiger partial charge in [-0.1, -0.05) is 24.3 Å². The lowest BCUT2D eigenvalue weighted by molar-refractivity contribution is -0.384. The predicted octanol–water partition coefficient (Wildman–Crippen LogP) is 2.23. The molecule has 0 unspecified atom stereocenters. The summed E-state index contributed by atoms with van der Waals surface area (Å²) in [5, 5.41) is 22.7. The minimum atomic E-state index is -0.919. The lowest BCUT2D eigenvalue weighted by Crippen LogP contribution is -2.08. The molecule has 0 bridgehead atoms. The lowest BCUT2D eigenvalue weighted by atomic mass is 10.0. The number of aliphatic carboxylic acids is 1. The maximum absolute atomic E-state index is 10.9. The molecule has 7 heteroatoms. The van der Waals surface area contributed by atoms with E-state index in [1.807, 2.05) is 0 Å². The van der Waals surface area contributed by atoms with E-state index < -0.39 is 10.9 Å². The molecule has 0 aliphatic carbocycles. The van der Waals surface area contributed by atoms with Crippen molar-refractivity contribution in [2.45, 2.75) is 13.0 Å². The third-order valence-corrected chi connectivity index (χ3v) is 2.93. The lowest BCUT2D eigenvalue weighted by Gasteiger charge is -2.10. The van der Waals surface area contributed by atoms with Crippen LogP contribution in [0.25, 0.3) is 0 Å². The van der Waals surface area contributed by atoms with Gasteiger partial charge >= 0.3 is 11.7 Å². The monoisotopic (exact) mass is 287 g/mol. The number of carbonyl (C=O) groups is 1. The van der Waals surface area contributed by atoms with Gasteiger partial charge in [-0.25, -0.2) is 0 Å². The smallest absolute Gasteiger partial charge is 0.310 e. The Bertz CT molecular complexity index is 673. The van der Waals surface area contributed by atoms with Crippen LogP contribution in [0, 0.1) is 10.1 Å². The van der Waals surface area contributed by atoms with Crippen LogP contribution in [-0.2, 0) is 17.8 Å². The number of nitrogens with one attached hydrogen (secondary N) is 1. The number of anilines is 1. The molecule has 0 saturated heterocycles. The molecule has 1 aromatic heterocycles. The number of nitrogens with zero attached hydrogens (tertiary/aromatic N) is 2. The Hall–Kier alpha value is -2.96. The minimum Gasteiger partial charge on any atom is -0.481 e. The second kappa shape index (κ2) is 6.47. The Kier molecular flexibility index (Phi) is 4.45. The van der Waals surface area contributed by atoms with E-state index in [4.69, 9.17) is 5.11 Å². The van der Waals surface area contributed by atoms with Crippen LogP contribution in [0.2, 0.25) is 0 Å². The fraction of sp³-hybridized carbons (Fsp3) is 0.143. The Morgan fingerprint density at radius 3 is 2.67 bits per heavy atom. The first-order chi connectivity index (χ1) is 10.1. The van der Waals surface area contributed by atoms with E-state index in [1.54, 1.807) is 24.3 Å². The molecule has 0 amide bonds. The molecule has 0 atom stereocenters. The molecule has 0 aliphatic heterocycles. The van der Waals surface area contributed by atoms with Crippen molar-refractivity contribution in [3.8, 4) is 0 Å². The molecule has 7 nitrogen and oxygen atoms in total. The van der Waals surface area contributed by atoms with Crippen molar-refractivity contribution in [3.63, 3.8) is 0 Å². The summed E-state index contributed by atoms with van der Waals surface area (Å²) < 4.78 is 0. The van der Waals surface area contributed by atoms with Gasteiger partial charge in [0.1, 0.15) is 11.9 Å². The number of nitro groups is 1. The van der Waals surface area contributed by atoms with Crippen LogP contribution in [0.15, 0.2) is 42.7 Å². The van der Waals surface area contributed by atoms with Gasteiger partial charge in [-0.3, -0.25) is 19.9 Å². The van der Waals surface area contributed by atoms with E-state index in [0.717, 1.165) is 5.56 Å². The van der Waals surface area contributed by atoms with Crippen molar-refractivity contribution in [1.82, 2.24) is 4.98 Å². The molecule has 0 radical (unpaired) electrons. The van der Waals surface area contributed by atoms with E-state index in [2.05, 4.69) is 10.3 Å². The second-order valence-corrected chi connectivity index (χ2v) is 4.34. The summed E-state index contributed by atoms with van der Waals surface area (Å²) >= 11 is 0. The number of carboxylic acid groups (broad SMARTS) is 1. The molecule has 108 valence electrons. The van der Waals surface area contributed by atoms with Crippen molar-refractivity contribution >= 4 is 17.3 Å². The quantitative estimate of drug-likeness (QED) is 0.623. The number of hydrogen-bond acceptors (Lipinski definition) is 5. The Morgan fingerprint density at radius 2 is 2.00 bits per heavy atom. The van der Waals surface area contributed by atoms with E-state index in [9.17, 15) is 14.9 Å². The minimum absolute atomic E-state index is 0.0870. The van der Waals surface area contributed by atoms with Crippen molar-refractivity contribution in [3.05, 3.63) is 64.0 Å². The molecule has 21 heavy (non-hydrogen) atoms. The number of aromatic nitrogens is 1. The van der Waals surface area contributed by atoms with Crippen molar-refractivity contribution in [2.24, 2.45) is 0 Å². The average Bonchev–Trinajstić information content (AvgIpc) is 2.46. The number of carboxylic acids is 1. The van der Waals surface area contributed by atoms with Crippen molar-refractivity contribution < 1.29 is 14.8 Å². The summed E-state index contributed by atoms with van der Waals surface area (Å²) in [4.78, 5) is 24.9. The molecular formula is C14H13N3O4. The van der Waals surface area contributed by atoms with Gasteiger partial charge in [-0.15, -0.1) is 0 Å². The van der Waals surface area contributed by atoms with Gasteiger partial charge in [0.15, 0.2) is 0 Å².